The third-order valence-corrected chi connectivity index (χ3v) is 8.02. The van der Waals surface area contributed by atoms with Gasteiger partial charge in [-0.3, -0.25) is 4.79 Å². The van der Waals surface area contributed by atoms with Gasteiger partial charge in [-0.2, -0.15) is 0 Å². The van der Waals surface area contributed by atoms with Crippen molar-refractivity contribution in [3.63, 3.8) is 0 Å². The first kappa shape index (κ1) is 28.4. The highest BCUT2D eigenvalue weighted by Crippen LogP contribution is 2.42. The molecule has 1 saturated carbocycles. The first-order chi connectivity index (χ1) is 18.1. The van der Waals surface area contributed by atoms with Gasteiger partial charge in [-0.1, -0.05) is 36.8 Å². The average Bonchev–Trinajstić information content (AvgIpc) is 3.49. The number of ether oxygens (including phenoxy) is 2. The van der Waals surface area contributed by atoms with Crippen molar-refractivity contribution in [2.45, 2.75) is 107 Å². The number of aliphatic carboxylic acids is 1. The van der Waals surface area contributed by atoms with Gasteiger partial charge in [-0.15, -0.1) is 0 Å². The molecule has 4 rings (SSSR count). The molecule has 0 bridgehead atoms. The molecule has 5 N–H and O–H groups in total. The van der Waals surface area contributed by atoms with Gasteiger partial charge in [0.15, 0.2) is 6.10 Å². The zero-order valence-electron chi connectivity index (χ0n) is 21.7. The van der Waals surface area contributed by atoms with Crippen molar-refractivity contribution in [1.82, 2.24) is 10.2 Å². The fourth-order valence-corrected chi connectivity index (χ4v) is 5.99. The van der Waals surface area contributed by atoms with E-state index in [0.29, 0.717) is 6.42 Å². The number of benzene rings is 1. The fourth-order valence-electron chi connectivity index (χ4n) is 5.99. The molecular weight excluding hydrogens is 496 g/mol. The number of amides is 1. The number of aliphatic hydroxyl groups excluding tert-OH is 3. The van der Waals surface area contributed by atoms with Gasteiger partial charge in [0.05, 0.1) is 6.04 Å². The van der Waals surface area contributed by atoms with Crippen molar-refractivity contribution in [2.24, 2.45) is 5.92 Å². The lowest BCUT2D eigenvalue weighted by Crippen LogP contribution is -2.61. The molecule has 0 aromatic heterocycles. The van der Waals surface area contributed by atoms with Gasteiger partial charge in [0.2, 0.25) is 12.2 Å². The summed E-state index contributed by atoms with van der Waals surface area (Å²) >= 11 is 0. The van der Waals surface area contributed by atoms with E-state index in [1.165, 1.54) is 5.56 Å². The molecule has 0 spiro atoms. The zero-order chi connectivity index (χ0) is 27.6. The van der Waals surface area contributed by atoms with Gasteiger partial charge in [-0.05, 0) is 57.4 Å². The minimum Gasteiger partial charge on any atom is -0.479 e. The van der Waals surface area contributed by atoms with E-state index >= 15 is 0 Å². The Morgan fingerprint density at radius 2 is 1.79 bits per heavy atom. The smallest absolute Gasteiger partial charge is 0.335 e. The first-order valence-electron chi connectivity index (χ1n) is 13.3. The Hall–Kier alpha value is -2.57. The largest absolute Gasteiger partial charge is 0.479 e. The summed E-state index contributed by atoms with van der Waals surface area (Å²) in [5.41, 5.74) is 1.21. The number of aliphatic hydroxyl groups is 3. The molecule has 1 aromatic carbocycles. The van der Waals surface area contributed by atoms with Gasteiger partial charge in [0, 0.05) is 12.1 Å². The number of carboxylic acids is 1. The lowest BCUT2D eigenvalue weighted by Gasteiger charge is -2.39. The number of nitrogens with one attached hydrogen (secondary N) is 1. The summed E-state index contributed by atoms with van der Waals surface area (Å²) in [6.45, 7) is 3.79. The Morgan fingerprint density at radius 1 is 1.08 bits per heavy atom. The Labute approximate surface area is 221 Å². The Morgan fingerprint density at radius 3 is 2.47 bits per heavy atom. The average molecular weight is 535 g/mol. The molecular formula is C27H38N2O9. The molecule has 1 aromatic rings. The maximum Gasteiger partial charge on any atom is 0.335 e. The summed E-state index contributed by atoms with van der Waals surface area (Å²) in [4.78, 5) is 39.9. The van der Waals surface area contributed by atoms with E-state index in [9.17, 15) is 34.8 Å². The monoisotopic (exact) mass is 534 g/mol. The Balaban J connectivity index is 1.41. The normalized spacial score (nSPS) is 34.4. The van der Waals surface area contributed by atoms with Crippen LogP contribution in [0.3, 0.4) is 0 Å². The molecule has 10 atom stereocenters. The second-order valence-corrected chi connectivity index (χ2v) is 10.7. The van der Waals surface area contributed by atoms with Gasteiger partial charge in [-0.25, -0.2) is 9.59 Å². The number of carbonyl (C=O) groups is 3. The van der Waals surface area contributed by atoms with E-state index in [1.54, 1.807) is 11.8 Å². The predicted molar refractivity (Wildman–Crippen MR) is 134 cm³/mol. The summed E-state index contributed by atoms with van der Waals surface area (Å²) in [6, 6.07) is 8.54. The number of likely N-dealkylation sites (tertiary alicyclic amines) is 1. The minimum absolute atomic E-state index is 0.0492. The molecule has 1 aliphatic carbocycles. The summed E-state index contributed by atoms with van der Waals surface area (Å²) in [5, 5.41) is 42.8. The van der Waals surface area contributed by atoms with Crippen molar-refractivity contribution < 1.29 is 44.3 Å². The zero-order valence-corrected chi connectivity index (χ0v) is 21.7. The summed E-state index contributed by atoms with van der Waals surface area (Å²) in [6.07, 6.45) is -4.63. The highest BCUT2D eigenvalue weighted by atomic mass is 16.7. The number of hydrogen-bond donors (Lipinski definition) is 5. The summed E-state index contributed by atoms with van der Waals surface area (Å²) in [5.74, 6) is -2.50. The Kier molecular flexibility index (Phi) is 9.04. The number of nitrogens with zero attached hydrogens (tertiary/aromatic N) is 1. The molecule has 3 fully saturated rings. The summed E-state index contributed by atoms with van der Waals surface area (Å²) < 4.78 is 10.4. The maximum absolute atomic E-state index is 13.6. The van der Waals surface area contributed by atoms with Crippen LogP contribution in [0.4, 0.5) is 0 Å². The number of fused-ring (bicyclic) bond motifs is 1. The van der Waals surface area contributed by atoms with Crippen LogP contribution in [0, 0.1) is 5.92 Å². The van der Waals surface area contributed by atoms with Crippen molar-refractivity contribution in [2.75, 3.05) is 0 Å². The van der Waals surface area contributed by atoms with Crippen LogP contribution in [0.5, 0.6) is 0 Å². The topological polar surface area (TPSA) is 166 Å². The van der Waals surface area contributed by atoms with Gasteiger partial charge >= 0.3 is 11.9 Å². The van der Waals surface area contributed by atoms with E-state index < -0.39 is 54.7 Å². The molecule has 2 saturated heterocycles. The van der Waals surface area contributed by atoms with Crippen LogP contribution in [0.25, 0.3) is 0 Å². The van der Waals surface area contributed by atoms with Gasteiger partial charge < -0.3 is 40.1 Å². The van der Waals surface area contributed by atoms with Crippen LogP contribution in [0.15, 0.2) is 30.3 Å². The molecule has 10 unspecified atom stereocenters. The van der Waals surface area contributed by atoms with Crippen LogP contribution in [0.2, 0.25) is 0 Å². The number of rotatable bonds is 9. The van der Waals surface area contributed by atoms with Crippen LogP contribution in [-0.2, 0) is 30.3 Å². The first-order valence-corrected chi connectivity index (χ1v) is 13.3. The second-order valence-electron chi connectivity index (χ2n) is 10.7. The van der Waals surface area contributed by atoms with Crippen molar-refractivity contribution in [3.05, 3.63) is 35.9 Å². The molecule has 38 heavy (non-hydrogen) atoms. The van der Waals surface area contributed by atoms with Gasteiger partial charge in [0.25, 0.3) is 0 Å². The third kappa shape index (κ3) is 6.02. The van der Waals surface area contributed by atoms with Gasteiger partial charge in [0.1, 0.15) is 24.4 Å². The number of hydrogen-bond acceptors (Lipinski definition) is 9. The maximum atomic E-state index is 13.6. The SMILES string of the molecule is CC(CCc1ccccc1)NC(C)C(=O)N1C(C(=O)OC2OC(C(=O)O)C(O)C(O)C2O)CC2CCCC21. The number of carbonyl (C=O) groups excluding carboxylic acids is 2. The molecule has 210 valence electrons. The van der Waals surface area contributed by atoms with Crippen LogP contribution in [-0.4, -0.2) is 98.0 Å². The van der Waals surface area contributed by atoms with Crippen molar-refractivity contribution >= 4 is 17.8 Å². The fraction of sp³-hybridized carbons (Fsp3) is 0.667. The highest BCUT2D eigenvalue weighted by Gasteiger charge is 2.53. The van der Waals surface area contributed by atoms with Crippen molar-refractivity contribution in [3.8, 4) is 0 Å². The summed E-state index contributed by atoms with van der Waals surface area (Å²) in [7, 11) is 0. The van der Waals surface area contributed by atoms with E-state index in [4.69, 9.17) is 9.47 Å². The van der Waals surface area contributed by atoms with Crippen LogP contribution >= 0.6 is 0 Å². The quantitative estimate of drug-likeness (QED) is 0.276. The van der Waals surface area contributed by atoms with E-state index in [1.807, 2.05) is 25.1 Å². The standard InChI is InChI=1S/C27H38N2O9/c1-14(11-12-16-7-4-3-5-8-16)28-15(2)24(33)29-18-10-6-9-17(18)13-19(29)26(36)38-27-22(32)20(30)21(31)23(37-27)25(34)35/h3-5,7-8,14-15,17-23,27-28,30-32H,6,9-13H2,1-2H3,(H,34,35). The molecule has 11 nitrogen and oxygen atoms in total. The predicted octanol–water partition coefficient (Wildman–Crippen LogP) is 0.191. The molecule has 0 radical (unpaired) electrons. The van der Waals surface area contributed by atoms with E-state index in [0.717, 1.165) is 32.1 Å². The Bertz CT molecular complexity index is 992. The molecule has 2 heterocycles. The number of aryl methyl sites for hydroxylation is 1. The molecule has 11 heteroatoms. The molecule has 3 aliphatic rings. The number of carboxylic acid groups (broad SMARTS) is 1. The lowest BCUT2D eigenvalue weighted by molar-refractivity contribution is -0.287. The van der Waals surface area contributed by atoms with Crippen molar-refractivity contribution in [1.29, 1.82) is 0 Å². The molecule has 1 amide bonds. The lowest BCUT2D eigenvalue weighted by atomic mass is 9.99. The second kappa shape index (κ2) is 12.1. The van der Waals surface area contributed by atoms with E-state index in [-0.39, 0.29) is 23.9 Å². The number of esters is 1. The van der Waals surface area contributed by atoms with Crippen LogP contribution in [0.1, 0.15) is 51.5 Å². The third-order valence-electron chi connectivity index (χ3n) is 8.02. The van der Waals surface area contributed by atoms with Crippen LogP contribution < -0.4 is 5.32 Å². The molecule has 2 aliphatic heterocycles. The van der Waals surface area contributed by atoms with E-state index in [2.05, 4.69) is 17.4 Å². The minimum atomic E-state index is -1.89. The highest BCUT2D eigenvalue weighted by molar-refractivity contribution is 5.88.